The zero-order valence-electron chi connectivity index (χ0n) is 21.6. The number of anilines is 1. The van der Waals surface area contributed by atoms with Crippen molar-refractivity contribution in [1.82, 2.24) is 0 Å². The second-order valence-electron chi connectivity index (χ2n) is 8.32. The number of methoxy groups -OCH3 is 2. The number of Topliss-reactive ketones (excluding diaryl/α,β-unsaturated/α-hetero) is 1. The summed E-state index contributed by atoms with van der Waals surface area (Å²) in [7, 11) is 2.93. The first-order valence-electron chi connectivity index (χ1n) is 12.1. The minimum atomic E-state index is -1.00. The number of hydrogen-bond acceptors (Lipinski definition) is 8. The third-order valence-corrected chi connectivity index (χ3v) is 6.12. The molecule has 1 aliphatic heterocycles. The van der Waals surface area contributed by atoms with E-state index in [0.717, 1.165) is 0 Å². The molecular formula is C29H29NO8. The lowest BCUT2D eigenvalue weighted by atomic mass is 9.94. The van der Waals surface area contributed by atoms with Gasteiger partial charge in [0.25, 0.3) is 11.7 Å². The Morgan fingerprint density at radius 2 is 1.53 bits per heavy atom. The molecule has 38 heavy (non-hydrogen) atoms. The Labute approximate surface area is 220 Å². The Balaban J connectivity index is 1.94. The van der Waals surface area contributed by atoms with Gasteiger partial charge >= 0.3 is 0 Å². The Kier molecular flexibility index (Phi) is 7.76. The van der Waals surface area contributed by atoms with E-state index in [1.807, 2.05) is 13.8 Å². The summed E-state index contributed by atoms with van der Waals surface area (Å²) < 4.78 is 22.0. The quantitative estimate of drug-likeness (QED) is 0.235. The van der Waals surface area contributed by atoms with E-state index in [0.29, 0.717) is 41.7 Å². The summed E-state index contributed by atoms with van der Waals surface area (Å²) in [5.41, 5.74) is 0.966. The third kappa shape index (κ3) is 4.82. The number of phenolic OH excluding ortho intramolecular Hbond substituents is 1. The summed E-state index contributed by atoms with van der Waals surface area (Å²) in [5.74, 6) is -0.423. The molecule has 1 unspecified atom stereocenters. The van der Waals surface area contributed by atoms with Gasteiger partial charge in [-0.25, -0.2) is 0 Å². The molecule has 9 nitrogen and oxygen atoms in total. The summed E-state index contributed by atoms with van der Waals surface area (Å²) in [6, 6.07) is 14.8. The van der Waals surface area contributed by atoms with Gasteiger partial charge in [0.1, 0.15) is 23.0 Å². The first kappa shape index (κ1) is 26.4. The summed E-state index contributed by atoms with van der Waals surface area (Å²) in [6.45, 7) is 4.45. The van der Waals surface area contributed by atoms with Crippen LogP contribution in [0.3, 0.4) is 0 Å². The highest BCUT2D eigenvalue weighted by atomic mass is 16.5. The van der Waals surface area contributed by atoms with Crippen LogP contribution in [0, 0.1) is 0 Å². The van der Waals surface area contributed by atoms with E-state index < -0.39 is 23.5 Å². The molecule has 1 aliphatic rings. The van der Waals surface area contributed by atoms with Gasteiger partial charge in [0.2, 0.25) is 0 Å². The molecule has 1 saturated heterocycles. The lowest BCUT2D eigenvalue weighted by molar-refractivity contribution is -0.132. The third-order valence-electron chi connectivity index (χ3n) is 6.12. The first-order chi connectivity index (χ1) is 18.3. The Bertz CT molecular complexity index is 1380. The van der Waals surface area contributed by atoms with Gasteiger partial charge in [-0.05, 0) is 55.8 Å². The van der Waals surface area contributed by atoms with Gasteiger partial charge in [-0.2, -0.15) is 0 Å². The maximum Gasteiger partial charge on any atom is 0.300 e. The van der Waals surface area contributed by atoms with Crippen LogP contribution in [-0.4, -0.2) is 49.3 Å². The van der Waals surface area contributed by atoms with Crippen LogP contribution in [0.2, 0.25) is 0 Å². The molecular weight excluding hydrogens is 490 g/mol. The number of aliphatic hydroxyl groups excluding tert-OH is 1. The largest absolute Gasteiger partial charge is 0.508 e. The number of benzene rings is 3. The van der Waals surface area contributed by atoms with Gasteiger partial charge in [0, 0.05) is 17.8 Å². The van der Waals surface area contributed by atoms with E-state index in [2.05, 4.69) is 0 Å². The fraction of sp³-hybridized carbons (Fsp3) is 0.241. The Morgan fingerprint density at radius 3 is 2.16 bits per heavy atom. The predicted molar refractivity (Wildman–Crippen MR) is 141 cm³/mol. The summed E-state index contributed by atoms with van der Waals surface area (Å²) in [4.78, 5) is 28.3. The molecule has 0 spiro atoms. The van der Waals surface area contributed by atoms with Crippen LogP contribution in [0.25, 0.3) is 5.76 Å². The summed E-state index contributed by atoms with van der Waals surface area (Å²) >= 11 is 0. The molecule has 0 radical (unpaired) electrons. The van der Waals surface area contributed by atoms with Crippen molar-refractivity contribution in [1.29, 1.82) is 0 Å². The zero-order valence-corrected chi connectivity index (χ0v) is 21.6. The van der Waals surface area contributed by atoms with E-state index in [1.54, 1.807) is 48.5 Å². The van der Waals surface area contributed by atoms with Crippen LogP contribution >= 0.6 is 0 Å². The van der Waals surface area contributed by atoms with Crippen LogP contribution in [0.5, 0.6) is 28.7 Å². The number of rotatable bonds is 9. The SMILES string of the molecule is CCOc1ccc(N2C(=O)C(=O)/C(=C(\O)c3ccc(OC)cc3OC)C2c2ccc(O)cc2)cc1OCC. The molecule has 0 saturated carbocycles. The van der Waals surface area contributed by atoms with Crippen molar-refractivity contribution in [2.24, 2.45) is 0 Å². The monoisotopic (exact) mass is 519 g/mol. The lowest BCUT2D eigenvalue weighted by Gasteiger charge is -2.26. The highest BCUT2D eigenvalue weighted by Gasteiger charge is 2.47. The lowest BCUT2D eigenvalue weighted by Crippen LogP contribution is -2.29. The fourth-order valence-corrected chi connectivity index (χ4v) is 4.40. The molecule has 1 heterocycles. The molecule has 0 aromatic heterocycles. The highest BCUT2D eigenvalue weighted by molar-refractivity contribution is 6.51. The number of hydrogen-bond donors (Lipinski definition) is 2. The molecule has 3 aromatic carbocycles. The zero-order chi connectivity index (χ0) is 27.4. The van der Waals surface area contributed by atoms with Gasteiger partial charge in [-0.1, -0.05) is 12.1 Å². The van der Waals surface area contributed by atoms with Gasteiger partial charge in [0.05, 0.1) is 44.6 Å². The topological polar surface area (TPSA) is 115 Å². The molecule has 1 amide bonds. The average molecular weight is 520 g/mol. The minimum Gasteiger partial charge on any atom is -0.508 e. The molecule has 9 heteroatoms. The second kappa shape index (κ2) is 11.2. The van der Waals surface area contributed by atoms with E-state index >= 15 is 0 Å². The smallest absolute Gasteiger partial charge is 0.300 e. The van der Waals surface area contributed by atoms with E-state index in [1.165, 1.54) is 31.3 Å². The highest BCUT2D eigenvalue weighted by Crippen LogP contribution is 2.45. The number of carbonyl (C=O) groups excluding carboxylic acids is 2. The number of ketones is 1. The van der Waals surface area contributed by atoms with Crippen LogP contribution in [0.1, 0.15) is 31.0 Å². The van der Waals surface area contributed by atoms with Gasteiger partial charge in [-0.3, -0.25) is 14.5 Å². The number of carbonyl (C=O) groups is 2. The van der Waals surface area contributed by atoms with Gasteiger partial charge in [-0.15, -0.1) is 0 Å². The van der Waals surface area contributed by atoms with E-state index in [-0.39, 0.29) is 22.6 Å². The van der Waals surface area contributed by atoms with E-state index in [9.17, 15) is 19.8 Å². The maximum atomic E-state index is 13.5. The summed E-state index contributed by atoms with van der Waals surface area (Å²) in [6.07, 6.45) is 0. The molecule has 3 aromatic rings. The molecule has 0 aliphatic carbocycles. The molecule has 0 bridgehead atoms. The van der Waals surface area contributed by atoms with Crippen molar-refractivity contribution in [3.8, 4) is 28.7 Å². The van der Waals surface area contributed by atoms with E-state index in [4.69, 9.17) is 18.9 Å². The first-order valence-corrected chi connectivity index (χ1v) is 12.1. The van der Waals surface area contributed by atoms with Crippen LogP contribution in [-0.2, 0) is 9.59 Å². The average Bonchev–Trinajstić information content (AvgIpc) is 3.19. The van der Waals surface area contributed by atoms with Crippen LogP contribution < -0.4 is 23.8 Å². The normalized spacial score (nSPS) is 16.4. The van der Waals surface area contributed by atoms with Crippen molar-refractivity contribution >= 4 is 23.1 Å². The molecule has 2 N–H and O–H groups in total. The van der Waals surface area contributed by atoms with Crippen molar-refractivity contribution in [3.05, 3.63) is 77.4 Å². The number of nitrogens with zero attached hydrogens (tertiary/aromatic N) is 1. The number of aromatic hydroxyl groups is 1. The second-order valence-corrected chi connectivity index (χ2v) is 8.32. The van der Waals surface area contributed by atoms with Crippen molar-refractivity contribution in [2.75, 3.05) is 32.3 Å². The van der Waals surface area contributed by atoms with Crippen LogP contribution in [0.15, 0.2) is 66.2 Å². The number of phenols is 1. The predicted octanol–water partition coefficient (Wildman–Crippen LogP) is 4.83. The Morgan fingerprint density at radius 1 is 0.842 bits per heavy atom. The fourth-order valence-electron chi connectivity index (χ4n) is 4.40. The Hall–Kier alpha value is -4.66. The molecule has 4 rings (SSSR count). The van der Waals surface area contributed by atoms with Crippen molar-refractivity contribution in [2.45, 2.75) is 19.9 Å². The molecule has 1 fully saturated rings. The molecule has 198 valence electrons. The number of ether oxygens (including phenoxy) is 4. The number of amides is 1. The maximum absolute atomic E-state index is 13.5. The van der Waals surface area contributed by atoms with Crippen molar-refractivity contribution < 1.29 is 38.7 Å². The summed E-state index contributed by atoms with van der Waals surface area (Å²) in [5, 5.41) is 21.3. The van der Waals surface area contributed by atoms with Crippen molar-refractivity contribution in [3.63, 3.8) is 0 Å². The molecule has 1 atom stereocenters. The van der Waals surface area contributed by atoms with Gasteiger partial charge < -0.3 is 29.2 Å². The minimum absolute atomic E-state index is 0.0159. The van der Waals surface area contributed by atoms with Crippen LogP contribution in [0.4, 0.5) is 5.69 Å². The number of aliphatic hydroxyl groups is 1. The van der Waals surface area contributed by atoms with Gasteiger partial charge in [0.15, 0.2) is 11.5 Å². The standard InChI is InChI=1S/C29H29NO8/c1-5-37-22-14-9-18(15-24(22)38-6-2)30-26(17-7-10-19(31)11-8-17)25(28(33)29(30)34)27(32)21-13-12-20(35-3)16-23(21)36-4/h7-16,26,31-32H,5-6H2,1-4H3/b27-25-.